The summed E-state index contributed by atoms with van der Waals surface area (Å²) >= 11 is 0. The second-order valence-electron chi connectivity index (χ2n) is 4.68. The van der Waals surface area contributed by atoms with Crippen molar-refractivity contribution >= 4 is 10.8 Å². The molecule has 0 aromatic heterocycles. The maximum Gasteiger partial charge on any atom is 0.144 e. The molecule has 102 valence electrons. The lowest BCUT2D eigenvalue weighted by Crippen LogP contribution is -1.97. The molecule has 3 rings (SSSR count). The minimum absolute atomic E-state index is 0.0208. The first-order chi connectivity index (χ1) is 10.3. The SMILES string of the molecule is N#Cc1ccc(OCc2cccc3ccccc23)cc1F. The summed E-state index contributed by atoms with van der Waals surface area (Å²) < 4.78 is 19.2. The van der Waals surface area contributed by atoms with Crippen LogP contribution in [0.1, 0.15) is 11.1 Å². The van der Waals surface area contributed by atoms with Crippen LogP contribution in [0.25, 0.3) is 10.8 Å². The van der Waals surface area contributed by atoms with Gasteiger partial charge in [0.2, 0.25) is 0 Å². The van der Waals surface area contributed by atoms with Gasteiger partial charge in [-0.15, -0.1) is 0 Å². The highest BCUT2D eigenvalue weighted by Gasteiger charge is 2.05. The fraction of sp³-hybridized carbons (Fsp3) is 0.0556. The molecule has 2 nitrogen and oxygen atoms in total. The number of halogens is 1. The Balaban J connectivity index is 1.84. The summed E-state index contributed by atoms with van der Waals surface area (Å²) in [5.74, 6) is -0.146. The Morgan fingerprint density at radius 1 is 1.00 bits per heavy atom. The minimum Gasteiger partial charge on any atom is -0.489 e. The van der Waals surface area contributed by atoms with Crippen LogP contribution >= 0.6 is 0 Å². The molecule has 3 aromatic carbocycles. The molecule has 0 atom stereocenters. The zero-order valence-electron chi connectivity index (χ0n) is 11.2. The van der Waals surface area contributed by atoms with E-state index in [1.165, 1.54) is 12.1 Å². The van der Waals surface area contributed by atoms with Crippen molar-refractivity contribution in [2.24, 2.45) is 0 Å². The number of nitrogens with zero attached hydrogens (tertiary/aromatic N) is 1. The molecule has 0 aliphatic carbocycles. The topological polar surface area (TPSA) is 33.0 Å². The molecule has 3 heteroatoms. The maximum atomic E-state index is 13.5. The van der Waals surface area contributed by atoms with Crippen molar-refractivity contribution < 1.29 is 9.13 Å². The van der Waals surface area contributed by atoms with E-state index in [1.54, 1.807) is 12.1 Å². The molecule has 0 N–H and O–H groups in total. The van der Waals surface area contributed by atoms with Crippen LogP contribution in [0, 0.1) is 17.1 Å². The van der Waals surface area contributed by atoms with Gasteiger partial charge in [-0.1, -0.05) is 42.5 Å². The predicted molar refractivity (Wildman–Crippen MR) is 79.4 cm³/mol. The lowest BCUT2D eigenvalue weighted by Gasteiger charge is -2.09. The van der Waals surface area contributed by atoms with Crippen LogP contribution in [0.5, 0.6) is 5.75 Å². The van der Waals surface area contributed by atoms with E-state index in [1.807, 2.05) is 42.5 Å². The fourth-order valence-corrected chi connectivity index (χ4v) is 2.26. The van der Waals surface area contributed by atoms with Gasteiger partial charge in [0, 0.05) is 6.07 Å². The molecular formula is C18H12FNO. The van der Waals surface area contributed by atoms with Crippen molar-refractivity contribution in [2.45, 2.75) is 6.61 Å². The van der Waals surface area contributed by atoms with Crippen LogP contribution in [0.15, 0.2) is 60.7 Å². The van der Waals surface area contributed by atoms with E-state index in [-0.39, 0.29) is 5.56 Å². The van der Waals surface area contributed by atoms with Crippen LogP contribution in [0.3, 0.4) is 0 Å². The van der Waals surface area contributed by atoms with Crippen molar-refractivity contribution in [1.29, 1.82) is 5.26 Å². The third-order valence-corrected chi connectivity index (χ3v) is 3.34. The fourth-order valence-electron chi connectivity index (χ4n) is 2.26. The van der Waals surface area contributed by atoms with E-state index < -0.39 is 5.82 Å². The van der Waals surface area contributed by atoms with Gasteiger partial charge >= 0.3 is 0 Å². The summed E-state index contributed by atoms with van der Waals surface area (Å²) in [6.07, 6.45) is 0. The Morgan fingerprint density at radius 3 is 2.62 bits per heavy atom. The van der Waals surface area contributed by atoms with E-state index in [2.05, 4.69) is 0 Å². The highest BCUT2D eigenvalue weighted by atomic mass is 19.1. The smallest absolute Gasteiger partial charge is 0.144 e. The molecule has 3 aromatic rings. The van der Waals surface area contributed by atoms with E-state index in [4.69, 9.17) is 10.00 Å². The van der Waals surface area contributed by atoms with Gasteiger partial charge < -0.3 is 4.74 Å². The van der Waals surface area contributed by atoms with Crippen LogP contribution in [-0.2, 0) is 6.61 Å². The lowest BCUT2D eigenvalue weighted by molar-refractivity contribution is 0.306. The first-order valence-electron chi connectivity index (χ1n) is 6.57. The number of ether oxygens (including phenoxy) is 1. The summed E-state index contributed by atoms with van der Waals surface area (Å²) in [4.78, 5) is 0. The number of hydrogen-bond donors (Lipinski definition) is 0. The number of hydrogen-bond acceptors (Lipinski definition) is 2. The average molecular weight is 277 g/mol. The quantitative estimate of drug-likeness (QED) is 0.709. The van der Waals surface area contributed by atoms with Gasteiger partial charge in [0.1, 0.15) is 24.2 Å². The molecule has 0 heterocycles. The number of fused-ring (bicyclic) bond motifs is 1. The maximum absolute atomic E-state index is 13.5. The molecule has 0 radical (unpaired) electrons. The Labute approximate surface area is 122 Å². The molecule has 21 heavy (non-hydrogen) atoms. The van der Waals surface area contributed by atoms with Gasteiger partial charge in [-0.2, -0.15) is 5.26 Å². The van der Waals surface area contributed by atoms with Crippen LogP contribution in [-0.4, -0.2) is 0 Å². The monoisotopic (exact) mass is 277 g/mol. The molecule has 0 unspecified atom stereocenters. The molecule has 0 spiro atoms. The number of nitriles is 1. The minimum atomic E-state index is -0.562. The molecule has 0 saturated carbocycles. The van der Waals surface area contributed by atoms with Crippen molar-refractivity contribution in [3.8, 4) is 11.8 Å². The summed E-state index contributed by atoms with van der Waals surface area (Å²) in [6, 6.07) is 20.1. The average Bonchev–Trinajstić information content (AvgIpc) is 2.53. The zero-order valence-corrected chi connectivity index (χ0v) is 11.2. The van der Waals surface area contributed by atoms with Crippen molar-refractivity contribution in [3.05, 3.63) is 77.6 Å². The molecule has 0 fully saturated rings. The van der Waals surface area contributed by atoms with Crippen molar-refractivity contribution in [1.82, 2.24) is 0 Å². The highest BCUT2D eigenvalue weighted by molar-refractivity contribution is 5.85. The van der Waals surface area contributed by atoms with E-state index in [9.17, 15) is 4.39 Å². The Morgan fingerprint density at radius 2 is 1.81 bits per heavy atom. The number of benzene rings is 3. The molecule has 0 saturated heterocycles. The summed E-state index contributed by atoms with van der Waals surface area (Å²) in [5.41, 5.74) is 1.06. The predicted octanol–water partition coefficient (Wildman–Crippen LogP) is 4.43. The Kier molecular flexibility index (Phi) is 3.53. The third-order valence-electron chi connectivity index (χ3n) is 3.34. The zero-order chi connectivity index (χ0) is 14.7. The van der Waals surface area contributed by atoms with Gasteiger partial charge in [-0.05, 0) is 28.5 Å². The van der Waals surface area contributed by atoms with Crippen LogP contribution in [0.2, 0.25) is 0 Å². The first-order valence-corrected chi connectivity index (χ1v) is 6.57. The summed E-state index contributed by atoms with van der Waals surface area (Å²) in [7, 11) is 0. The van der Waals surface area contributed by atoms with E-state index >= 15 is 0 Å². The standard InChI is InChI=1S/C18H12FNO/c19-18-10-16(9-8-14(18)11-20)21-12-15-6-3-5-13-4-1-2-7-17(13)15/h1-10H,12H2. The highest BCUT2D eigenvalue weighted by Crippen LogP contribution is 2.21. The van der Waals surface area contributed by atoms with Crippen molar-refractivity contribution in [3.63, 3.8) is 0 Å². The second-order valence-corrected chi connectivity index (χ2v) is 4.68. The molecule has 0 aliphatic rings. The summed E-state index contributed by atoms with van der Waals surface area (Å²) in [6.45, 7) is 0.354. The molecule has 0 bridgehead atoms. The molecular weight excluding hydrogens is 265 g/mol. The van der Waals surface area contributed by atoms with Gasteiger partial charge in [0.25, 0.3) is 0 Å². The van der Waals surface area contributed by atoms with Crippen LogP contribution < -0.4 is 4.74 Å². The Hall–Kier alpha value is -2.86. The summed E-state index contributed by atoms with van der Waals surface area (Å²) in [5, 5.41) is 11.0. The lowest BCUT2D eigenvalue weighted by atomic mass is 10.1. The largest absolute Gasteiger partial charge is 0.489 e. The van der Waals surface area contributed by atoms with Crippen LogP contribution in [0.4, 0.5) is 4.39 Å². The Bertz CT molecular complexity index is 831. The van der Waals surface area contributed by atoms with Gasteiger partial charge in [-0.25, -0.2) is 4.39 Å². The normalized spacial score (nSPS) is 10.3. The van der Waals surface area contributed by atoms with Gasteiger partial charge in [-0.3, -0.25) is 0 Å². The first kappa shape index (κ1) is 13.1. The number of rotatable bonds is 3. The van der Waals surface area contributed by atoms with Gasteiger partial charge in [0.15, 0.2) is 0 Å². The molecule has 0 amide bonds. The third kappa shape index (κ3) is 2.70. The van der Waals surface area contributed by atoms with Gasteiger partial charge in [0.05, 0.1) is 5.56 Å². The van der Waals surface area contributed by atoms with E-state index in [0.29, 0.717) is 12.4 Å². The van der Waals surface area contributed by atoms with E-state index in [0.717, 1.165) is 16.3 Å². The molecule has 0 aliphatic heterocycles. The van der Waals surface area contributed by atoms with Crippen molar-refractivity contribution in [2.75, 3.05) is 0 Å². The second kappa shape index (κ2) is 5.64.